The van der Waals surface area contributed by atoms with E-state index in [0.717, 1.165) is 17.4 Å². The van der Waals surface area contributed by atoms with Crippen LogP contribution in [-0.2, 0) is 16.1 Å². The Labute approximate surface area is 136 Å². The number of amides is 1. The van der Waals surface area contributed by atoms with Gasteiger partial charge in [-0.3, -0.25) is 9.59 Å². The molecule has 4 fully saturated rings. The first-order valence-corrected chi connectivity index (χ1v) is 8.65. The second kappa shape index (κ2) is 5.66. The van der Waals surface area contributed by atoms with Gasteiger partial charge in [-0.05, 0) is 73.5 Å². The summed E-state index contributed by atoms with van der Waals surface area (Å²) in [5, 5.41) is 0. The molecule has 122 valence electrons. The summed E-state index contributed by atoms with van der Waals surface area (Å²) in [4.78, 5) is 23.6. The summed E-state index contributed by atoms with van der Waals surface area (Å²) in [5.41, 5.74) is 6.59. The minimum absolute atomic E-state index is 0.0159. The van der Waals surface area contributed by atoms with E-state index in [2.05, 4.69) is 0 Å². The van der Waals surface area contributed by atoms with Crippen LogP contribution in [0.2, 0.25) is 0 Å². The molecule has 1 aromatic carbocycles. The van der Waals surface area contributed by atoms with Crippen LogP contribution < -0.4 is 5.73 Å². The molecule has 0 unspecified atom stereocenters. The molecule has 0 spiro atoms. The fourth-order valence-corrected chi connectivity index (χ4v) is 5.33. The Morgan fingerprint density at radius 2 is 1.52 bits per heavy atom. The van der Waals surface area contributed by atoms with E-state index in [-0.39, 0.29) is 18.5 Å². The molecule has 4 saturated carbocycles. The van der Waals surface area contributed by atoms with Gasteiger partial charge < -0.3 is 10.5 Å². The summed E-state index contributed by atoms with van der Waals surface area (Å²) >= 11 is 0. The molecule has 4 aliphatic rings. The van der Waals surface area contributed by atoms with Crippen molar-refractivity contribution in [3.8, 4) is 0 Å². The molecule has 4 heteroatoms. The Morgan fingerprint density at radius 3 is 2.04 bits per heavy atom. The highest BCUT2D eigenvalue weighted by molar-refractivity contribution is 5.92. The van der Waals surface area contributed by atoms with Gasteiger partial charge >= 0.3 is 5.97 Å². The van der Waals surface area contributed by atoms with Crippen LogP contribution in [0.1, 0.15) is 48.0 Å². The van der Waals surface area contributed by atoms with Crippen molar-refractivity contribution in [2.24, 2.45) is 35.3 Å². The van der Waals surface area contributed by atoms with Gasteiger partial charge in [-0.1, -0.05) is 12.1 Å². The van der Waals surface area contributed by atoms with E-state index in [1.807, 2.05) is 0 Å². The van der Waals surface area contributed by atoms with Crippen LogP contribution in [0.5, 0.6) is 0 Å². The second-order valence-electron chi connectivity index (χ2n) is 7.63. The maximum absolute atomic E-state index is 12.6. The number of benzene rings is 1. The van der Waals surface area contributed by atoms with E-state index in [1.54, 1.807) is 24.3 Å². The van der Waals surface area contributed by atoms with Crippen molar-refractivity contribution in [3.05, 3.63) is 35.4 Å². The number of carbonyl (C=O) groups is 2. The minimum atomic E-state index is -0.442. The van der Waals surface area contributed by atoms with Crippen molar-refractivity contribution in [1.29, 1.82) is 0 Å². The van der Waals surface area contributed by atoms with Gasteiger partial charge in [-0.25, -0.2) is 0 Å². The molecule has 0 radical (unpaired) electrons. The normalized spacial score (nSPS) is 34.3. The largest absolute Gasteiger partial charge is 0.461 e. The van der Waals surface area contributed by atoms with Crippen molar-refractivity contribution >= 4 is 11.9 Å². The minimum Gasteiger partial charge on any atom is -0.461 e. The van der Waals surface area contributed by atoms with Crippen LogP contribution in [0.4, 0.5) is 0 Å². The van der Waals surface area contributed by atoms with Crippen LogP contribution in [0, 0.1) is 29.6 Å². The third-order valence-electron chi connectivity index (χ3n) is 6.12. The van der Waals surface area contributed by atoms with Gasteiger partial charge in [-0.2, -0.15) is 0 Å². The predicted molar refractivity (Wildman–Crippen MR) is 85.3 cm³/mol. The lowest BCUT2D eigenvalue weighted by atomic mass is 9.52. The molecule has 0 saturated heterocycles. The van der Waals surface area contributed by atoms with Crippen molar-refractivity contribution < 1.29 is 14.3 Å². The summed E-state index contributed by atoms with van der Waals surface area (Å²) in [6.07, 6.45) is 6.28. The fraction of sp³-hybridized carbons (Fsp3) is 0.579. The average molecular weight is 313 g/mol. The molecule has 2 N–H and O–H groups in total. The molecule has 0 heterocycles. The first kappa shape index (κ1) is 14.7. The predicted octanol–water partition coefficient (Wildman–Crippen LogP) is 2.90. The van der Waals surface area contributed by atoms with E-state index in [9.17, 15) is 9.59 Å². The smallest absolute Gasteiger partial charge is 0.309 e. The maximum atomic E-state index is 12.6. The third kappa shape index (κ3) is 2.75. The molecule has 0 aliphatic heterocycles. The first-order valence-electron chi connectivity index (χ1n) is 8.65. The zero-order chi connectivity index (χ0) is 16.0. The van der Waals surface area contributed by atoms with Crippen LogP contribution >= 0.6 is 0 Å². The Bertz CT molecular complexity index is 594. The molecule has 1 amide bonds. The van der Waals surface area contributed by atoms with Gasteiger partial charge in [0.2, 0.25) is 5.91 Å². The van der Waals surface area contributed by atoms with Crippen LogP contribution in [0.25, 0.3) is 0 Å². The average Bonchev–Trinajstić information content (AvgIpc) is 2.52. The molecule has 0 aromatic heterocycles. The van der Waals surface area contributed by atoms with Gasteiger partial charge in [0.15, 0.2) is 0 Å². The quantitative estimate of drug-likeness (QED) is 0.869. The topological polar surface area (TPSA) is 69.4 Å². The number of hydrogen-bond donors (Lipinski definition) is 1. The Hall–Kier alpha value is -1.84. The highest BCUT2D eigenvalue weighted by Crippen LogP contribution is 2.56. The summed E-state index contributed by atoms with van der Waals surface area (Å²) in [6.45, 7) is 0.278. The first-order chi connectivity index (χ1) is 11.1. The number of primary amides is 1. The second-order valence-corrected chi connectivity index (χ2v) is 7.63. The summed E-state index contributed by atoms with van der Waals surface area (Å²) in [5.74, 6) is 2.49. The lowest BCUT2D eigenvalue weighted by Crippen LogP contribution is -2.48. The van der Waals surface area contributed by atoms with Crippen molar-refractivity contribution in [3.63, 3.8) is 0 Å². The van der Waals surface area contributed by atoms with E-state index in [1.165, 1.54) is 32.1 Å². The van der Waals surface area contributed by atoms with Gasteiger partial charge in [0, 0.05) is 5.56 Å². The van der Waals surface area contributed by atoms with Gasteiger partial charge in [-0.15, -0.1) is 0 Å². The standard InChI is InChI=1S/C19H23NO3/c20-18(21)14-3-1-11(2-4-14)10-23-19(22)17-15-6-12-5-13(8-15)9-16(17)7-12/h1-4,12-13,15-17H,5-10H2,(H2,20,21). The Morgan fingerprint density at radius 1 is 0.957 bits per heavy atom. The van der Waals surface area contributed by atoms with Gasteiger partial charge in [0.05, 0.1) is 5.92 Å². The number of carbonyl (C=O) groups excluding carboxylic acids is 2. The van der Waals surface area contributed by atoms with Crippen LogP contribution in [0.3, 0.4) is 0 Å². The zero-order valence-corrected chi connectivity index (χ0v) is 13.2. The Kier molecular flexibility index (Phi) is 3.63. The Balaban J connectivity index is 1.37. The number of hydrogen-bond acceptors (Lipinski definition) is 3. The molecular formula is C19H23NO3. The van der Waals surface area contributed by atoms with Crippen molar-refractivity contribution in [1.82, 2.24) is 0 Å². The third-order valence-corrected chi connectivity index (χ3v) is 6.12. The zero-order valence-electron chi connectivity index (χ0n) is 13.2. The number of ether oxygens (including phenoxy) is 1. The lowest BCUT2D eigenvalue weighted by molar-refractivity contribution is -0.163. The molecule has 4 aliphatic carbocycles. The number of esters is 1. The van der Waals surface area contributed by atoms with Crippen molar-refractivity contribution in [2.75, 3.05) is 0 Å². The molecular weight excluding hydrogens is 290 g/mol. The van der Waals surface area contributed by atoms with Gasteiger partial charge in [0.25, 0.3) is 0 Å². The summed E-state index contributed by atoms with van der Waals surface area (Å²) in [6, 6.07) is 6.94. The number of nitrogens with two attached hydrogens (primary N) is 1. The van der Waals surface area contributed by atoms with Crippen LogP contribution in [0.15, 0.2) is 24.3 Å². The molecule has 4 nitrogen and oxygen atoms in total. The van der Waals surface area contributed by atoms with E-state index in [0.29, 0.717) is 17.4 Å². The maximum Gasteiger partial charge on any atom is 0.309 e. The molecule has 1 aromatic rings. The SMILES string of the molecule is NC(=O)c1ccc(COC(=O)C2C3CC4CC(C3)CC2C4)cc1. The van der Waals surface area contributed by atoms with Crippen LogP contribution in [-0.4, -0.2) is 11.9 Å². The van der Waals surface area contributed by atoms with Gasteiger partial charge in [0.1, 0.15) is 6.61 Å². The molecule has 4 bridgehead atoms. The van der Waals surface area contributed by atoms with Crippen molar-refractivity contribution in [2.45, 2.75) is 38.7 Å². The molecule has 0 atom stereocenters. The molecule has 5 rings (SSSR count). The number of rotatable bonds is 4. The van der Waals surface area contributed by atoms with E-state index in [4.69, 9.17) is 10.5 Å². The summed E-state index contributed by atoms with van der Waals surface area (Å²) in [7, 11) is 0. The highest BCUT2D eigenvalue weighted by Gasteiger charge is 2.51. The summed E-state index contributed by atoms with van der Waals surface area (Å²) < 4.78 is 5.60. The van der Waals surface area contributed by atoms with E-state index < -0.39 is 5.91 Å². The molecule has 23 heavy (non-hydrogen) atoms. The van der Waals surface area contributed by atoms with E-state index >= 15 is 0 Å². The highest BCUT2D eigenvalue weighted by atomic mass is 16.5. The lowest BCUT2D eigenvalue weighted by Gasteiger charge is -2.53. The fourth-order valence-electron chi connectivity index (χ4n) is 5.33. The monoisotopic (exact) mass is 313 g/mol.